The van der Waals surface area contributed by atoms with Crippen molar-refractivity contribution in [2.45, 2.75) is 18.1 Å². The summed E-state index contributed by atoms with van der Waals surface area (Å²) in [6.45, 7) is 1.12. The number of ketones is 1. The van der Waals surface area contributed by atoms with Crippen molar-refractivity contribution in [2.75, 3.05) is 13.2 Å². The SMILES string of the molecule is O=C1C=C[C@@]2(c3ccccc3)OCCO[C@H]2C1. The molecular weight excluding hydrogens is 216 g/mol. The first-order chi connectivity index (χ1) is 8.31. The molecule has 2 atom stereocenters. The van der Waals surface area contributed by atoms with Gasteiger partial charge in [0, 0.05) is 6.42 Å². The van der Waals surface area contributed by atoms with E-state index in [1.165, 1.54) is 0 Å². The second-order valence-corrected chi connectivity index (χ2v) is 4.37. The molecule has 88 valence electrons. The molecule has 1 fully saturated rings. The summed E-state index contributed by atoms with van der Waals surface area (Å²) in [7, 11) is 0. The average molecular weight is 230 g/mol. The van der Waals surface area contributed by atoms with Crippen molar-refractivity contribution >= 4 is 5.78 Å². The minimum Gasteiger partial charge on any atom is -0.372 e. The highest BCUT2D eigenvalue weighted by molar-refractivity contribution is 5.91. The molecule has 3 nitrogen and oxygen atoms in total. The number of ether oxygens (including phenoxy) is 2. The molecule has 2 aliphatic rings. The van der Waals surface area contributed by atoms with Crippen LogP contribution in [0, 0.1) is 0 Å². The highest BCUT2D eigenvalue weighted by Crippen LogP contribution is 2.39. The van der Waals surface area contributed by atoms with Crippen LogP contribution in [0.5, 0.6) is 0 Å². The zero-order chi connectivity index (χ0) is 11.7. The van der Waals surface area contributed by atoms with Gasteiger partial charge in [-0.3, -0.25) is 4.79 Å². The van der Waals surface area contributed by atoms with E-state index in [1.807, 2.05) is 36.4 Å². The lowest BCUT2D eigenvalue weighted by molar-refractivity contribution is -0.190. The molecule has 3 rings (SSSR count). The lowest BCUT2D eigenvalue weighted by atomic mass is 9.80. The van der Waals surface area contributed by atoms with Crippen LogP contribution in [0.25, 0.3) is 0 Å². The maximum atomic E-state index is 11.5. The van der Waals surface area contributed by atoms with Crippen LogP contribution in [0.3, 0.4) is 0 Å². The van der Waals surface area contributed by atoms with Gasteiger partial charge >= 0.3 is 0 Å². The zero-order valence-corrected chi connectivity index (χ0v) is 9.46. The molecule has 17 heavy (non-hydrogen) atoms. The molecule has 0 unspecified atom stereocenters. The van der Waals surface area contributed by atoms with Crippen LogP contribution in [0.4, 0.5) is 0 Å². The first kappa shape index (κ1) is 10.7. The third-order valence-electron chi connectivity index (χ3n) is 3.35. The van der Waals surface area contributed by atoms with Gasteiger partial charge < -0.3 is 9.47 Å². The molecule has 1 aliphatic heterocycles. The molecule has 1 saturated heterocycles. The van der Waals surface area contributed by atoms with E-state index in [0.717, 1.165) is 5.56 Å². The van der Waals surface area contributed by atoms with Crippen LogP contribution >= 0.6 is 0 Å². The van der Waals surface area contributed by atoms with Crippen LogP contribution in [-0.4, -0.2) is 25.1 Å². The van der Waals surface area contributed by atoms with Crippen LogP contribution in [-0.2, 0) is 19.9 Å². The van der Waals surface area contributed by atoms with Gasteiger partial charge in [0.2, 0.25) is 0 Å². The van der Waals surface area contributed by atoms with Crippen LogP contribution in [0.2, 0.25) is 0 Å². The first-order valence-electron chi connectivity index (χ1n) is 5.84. The van der Waals surface area contributed by atoms with E-state index in [4.69, 9.17) is 9.47 Å². The molecule has 1 heterocycles. The molecule has 0 radical (unpaired) electrons. The van der Waals surface area contributed by atoms with E-state index in [-0.39, 0.29) is 11.9 Å². The van der Waals surface area contributed by atoms with Crippen molar-refractivity contribution in [1.82, 2.24) is 0 Å². The minimum absolute atomic E-state index is 0.104. The van der Waals surface area contributed by atoms with Gasteiger partial charge in [-0.1, -0.05) is 30.3 Å². The fraction of sp³-hybridized carbons (Fsp3) is 0.357. The van der Waals surface area contributed by atoms with Crippen molar-refractivity contribution in [3.63, 3.8) is 0 Å². The molecule has 0 aromatic heterocycles. The monoisotopic (exact) mass is 230 g/mol. The van der Waals surface area contributed by atoms with E-state index < -0.39 is 5.60 Å². The number of hydrogen-bond acceptors (Lipinski definition) is 3. The topological polar surface area (TPSA) is 35.5 Å². The highest BCUT2D eigenvalue weighted by Gasteiger charge is 2.45. The van der Waals surface area contributed by atoms with E-state index in [0.29, 0.717) is 19.6 Å². The molecule has 3 heteroatoms. The fourth-order valence-corrected chi connectivity index (χ4v) is 2.52. The third kappa shape index (κ3) is 1.72. The summed E-state index contributed by atoms with van der Waals surface area (Å²) in [6.07, 6.45) is 3.65. The number of benzene rings is 1. The zero-order valence-electron chi connectivity index (χ0n) is 9.46. The Balaban J connectivity index is 2.07. The summed E-state index contributed by atoms with van der Waals surface area (Å²) in [5.74, 6) is 0.104. The predicted molar refractivity (Wildman–Crippen MR) is 62.6 cm³/mol. The number of carbonyl (C=O) groups is 1. The Hall–Kier alpha value is -1.45. The standard InChI is InChI=1S/C14H14O3/c15-12-6-7-14(11-4-2-1-3-5-11)13(10-12)16-8-9-17-14/h1-7,13H,8-10H2/t13-,14-/m0/s1. The maximum absolute atomic E-state index is 11.5. The second kappa shape index (κ2) is 4.09. The lowest BCUT2D eigenvalue weighted by Crippen LogP contribution is -2.50. The maximum Gasteiger partial charge on any atom is 0.158 e. The van der Waals surface area contributed by atoms with Crippen molar-refractivity contribution in [3.05, 3.63) is 48.0 Å². The molecule has 0 amide bonds. The Morgan fingerprint density at radius 2 is 2.00 bits per heavy atom. The molecule has 1 aliphatic carbocycles. The summed E-state index contributed by atoms with van der Waals surface area (Å²) < 4.78 is 11.7. The van der Waals surface area contributed by atoms with Gasteiger partial charge in [0.05, 0.1) is 13.2 Å². The van der Waals surface area contributed by atoms with Crippen molar-refractivity contribution < 1.29 is 14.3 Å². The van der Waals surface area contributed by atoms with E-state index in [9.17, 15) is 4.79 Å². The predicted octanol–water partition coefficient (Wildman–Crippen LogP) is 1.83. The molecule has 0 spiro atoms. The van der Waals surface area contributed by atoms with Crippen molar-refractivity contribution in [1.29, 1.82) is 0 Å². The largest absolute Gasteiger partial charge is 0.372 e. The normalized spacial score (nSPS) is 32.2. The number of hydrogen-bond donors (Lipinski definition) is 0. The quantitative estimate of drug-likeness (QED) is 0.738. The number of carbonyl (C=O) groups excluding carboxylic acids is 1. The Labute approximate surface area is 100 Å². The molecule has 0 bridgehead atoms. The van der Waals surface area contributed by atoms with E-state index in [1.54, 1.807) is 6.08 Å². The summed E-state index contributed by atoms with van der Waals surface area (Å²) >= 11 is 0. The summed E-state index contributed by atoms with van der Waals surface area (Å²) in [5, 5.41) is 0. The lowest BCUT2D eigenvalue weighted by Gasteiger charge is -2.43. The van der Waals surface area contributed by atoms with E-state index in [2.05, 4.69) is 0 Å². The highest BCUT2D eigenvalue weighted by atomic mass is 16.6. The van der Waals surface area contributed by atoms with Crippen LogP contribution in [0.15, 0.2) is 42.5 Å². The smallest absolute Gasteiger partial charge is 0.158 e. The summed E-state index contributed by atoms with van der Waals surface area (Å²) in [5.41, 5.74) is 0.474. The van der Waals surface area contributed by atoms with Gasteiger partial charge in [-0.25, -0.2) is 0 Å². The second-order valence-electron chi connectivity index (χ2n) is 4.37. The summed E-state index contributed by atoms with van der Waals surface area (Å²) in [6, 6.07) is 9.95. The number of allylic oxidation sites excluding steroid dienone is 1. The Morgan fingerprint density at radius 1 is 1.18 bits per heavy atom. The fourth-order valence-electron chi connectivity index (χ4n) is 2.52. The van der Waals surface area contributed by atoms with Crippen LogP contribution < -0.4 is 0 Å². The van der Waals surface area contributed by atoms with Gasteiger partial charge in [0.25, 0.3) is 0 Å². The molecule has 1 aromatic carbocycles. The Bertz CT molecular complexity index is 452. The molecular formula is C14H14O3. The van der Waals surface area contributed by atoms with Gasteiger partial charge in [0.1, 0.15) is 11.7 Å². The van der Waals surface area contributed by atoms with Gasteiger partial charge in [-0.2, -0.15) is 0 Å². The minimum atomic E-state index is -0.576. The molecule has 0 saturated carbocycles. The Kier molecular flexibility index (Phi) is 2.57. The van der Waals surface area contributed by atoms with Gasteiger partial charge in [0.15, 0.2) is 5.78 Å². The van der Waals surface area contributed by atoms with Gasteiger partial charge in [-0.05, 0) is 17.7 Å². The average Bonchev–Trinajstić information content (AvgIpc) is 2.40. The van der Waals surface area contributed by atoms with E-state index >= 15 is 0 Å². The van der Waals surface area contributed by atoms with Crippen molar-refractivity contribution in [2.24, 2.45) is 0 Å². The van der Waals surface area contributed by atoms with Crippen molar-refractivity contribution in [3.8, 4) is 0 Å². The van der Waals surface area contributed by atoms with Crippen LogP contribution in [0.1, 0.15) is 12.0 Å². The summed E-state index contributed by atoms with van der Waals surface area (Å²) in [4.78, 5) is 11.5. The molecule has 1 aromatic rings. The number of rotatable bonds is 1. The molecule has 0 N–H and O–H groups in total. The third-order valence-corrected chi connectivity index (χ3v) is 3.35. The number of fused-ring (bicyclic) bond motifs is 1. The first-order valence-corrected chi connectivity index (χ1v) is 5.84. The van der Waals surface area contributed by atoms with Gasteiger partial charge in [-0.15, -0.1) is 0 Å². The Morgan fingerprint density at radius 3 is 2.82 bits per heavy atom.